The number of halogens is 1. The second-order valence-corrected chi connectivity index (χ2v) is 10.6. The maximum Gasteiger partial charge on any atom is 0.279 e. The molecule has 1 aliphatic rings. The molecular formula is C26H20ClN5O3S2. The Morgan fingerprint density at radius 2 is 1.73 bits per heavy atom. The van der Waals surface area contributed by atoms with Crippen LogP contribution in [0.15, 0.2) is 94.9 Å². The van der Waals surface area contributed by atoms with Gasteiger partial charge in [-0.2, -0.15) is 5.10 Å². The van der Waals surface area contributed by atoms with E-state index in [1.807, 2.05) is 42.5 Å². The number of hydrazone groups is 1. The van der Waals surface area contributed by atoms with Crippen LogP contribution in [0, 0.1) is 0 Å². The second-order valence-electron chi connectivity index (χ2n) is 8.26. The van der Waals surface area contributed by atoms with Crippen LogP contribution in [0.5, 0.6) is 0 Å². The minimum absolute atomic E-state index is 0.0583. The number of hydrogen-bond acceptors (Lipinski definition) is 5. The summed E-state index contributed by atoms with van der Waals surface area (Å²) in [6.07, 6.45) is 0. The number of hydrogen-bond donors (Lipinski definition) is 3. The number of amides is 1. The summed E-state index contributed by atoms with van der Waals surface area (Å²) in [5, 5.41) is 14.9. The van der Waals surface area contributed by atoms with Crippen LogP contribution in [0.25, 0.3) is 10.8 Å². The number of rotatable bonds is 5. The Bertz CT molecular complexity index is 1700. The molecule has 1 aliphatic heterocycles. The van der Waals surface area contributed by atoms with Crippen LogP contribution >= 0.6 is 23.8 Å². The van der Waals surface area contributed by atoms with Crippen LogP contribution < -0.4 is 20.8 Å². The third-order valence-electron chi connectivity index (χ3n) is 5.86. The van der Waals surface area contributed by atoms with Gasteiger partial charge in [0, 0.05) is 11.3 Å². The number of para-hydroxylation sites is 1. The molecule has 37 heavy (non-hydrogen) atoms. The molecule has 0 radical (unpaired) electrons. The fraction of sp³-hybridized carbons (Fsp3) is 0.0385. The summed E-state index contributed by atoms with van der Waals surface area (Å²) in [5.41, 5.74) is 5.33. The summed E-state index contributed by atoms with van der Waals surface area (Å²) in [4.78, 5) is 15.1. The van der Waals surface area contributed by atoms with Crippen molar-refractivity contribution < 1.29 is 13.2 Å². The molecule has 0 fully saturated rings. The summed E-state index contributed by atoms with van der Waals surface area (Å²) < 4.78 is 23.2. The number of carbonyl (C=O) groups is 1. The molecular weight excluding hydrogens is 530 g/mol. The third-order valence-corrected chi connectivity index (χ3v) is 7.27. The maximum atomic E-state index is 13.5. The Hall–Kier alpha value is -3.83. The lowest BCUT2D eigenvalue weighted by molar-refractivity contribution is -0.112. The van der Waals surface area contributed by atoms with Crippen molar-refractivity contribution in [3.05, 3.63) is 101 Å². The van der Waals surface area contributed by atoms with E-state index in [0.717, 1.165) is 16.3 Å². The fourth-order valence-electron chi connectivity index (χ4n) is 4.20. The third kappa shape index (κ3) is 5.05. The van der Waals surface area contributed by atoms with Crippen LogP contribution in [0.2, 0.25) is 5.02 Å². The van der Waals surface area contributed by atoms with E-state index < -0.39 is 10.0 Å². The highest BCUT2D eigenvalue weighted by molar-refractivity contribution is 7.89. The lowest BCUT2D eigenvalue weighted by Gasteiger charge is -2.19. The molecule has 0 atom stereocenters. The molecule has 0 bridgehead atoms. The molecule has 0 aliphatic carbocycles. The Labute approximate surface area is 223 Å². The minimum atomic E-state index is -3.87. The average molecular weight is 550 g/mol. The van der Waals surface area contributed by atoms with Crippen molar-refractivity contribution in [2.24, 2.45) is 10.2 Å². The molecule has 1 amide bonds. The number of thiocarbonyl (C=S) groups is 1. The van der Waals surface area contributed by atoms with Gasteiger partial charge in [-0.3, -0.25) is 10.2 Å². The van der Waals surface area contributed by atoms with Crippen molar-refractivity contribution in [1.82, 2.24) is 5.43 Å². The molecule has 11 heteroatoms. The smallest absolute Gasteiger partial charge is 0.279 e. The SMILES string of the molecule is NS(=O)(=O)c1cccc(NC(=S)NN=C2C(=O)N(Cc3cccc4ccccc34)c3c(Cl)cccc32)c1. The van der Waals surface area contributed by atoms with E-state index in [-0.39, 0.29) is 21.6 Å². The first-order chi connectivity index (χ1) is 17.7. The predicted octanol–water partition coefficient (Wildman–Crippen LogP) is 4.38. The van der Waals surface area contributed by atoms with Crippen LogP contribution in [0.4, 0.5) is 11.4 Å². The number of nitrogens with two attached hydrogens (primary N) is 1. The molecule has 4 N–H and O–H groups in total. The van der Waals surface area contributed by atoms with Gasteiger partial charge in [-0.05, 0) is 52.8 Å². The van der Waals surface area contributed by atoms with Crippen molar-refractivity contribution in [3.8, 4) is 0 Å². The Balaban J connectivity index is 1.42. The van der Waals surface area contributed by atoms with E-state index in [9.17, 15) is 13.2 Å². The summed E-state index contributed by atoms with van der Waals surface area (Å²) in [7, 11) is -3.87. The molecule has 0 aromatic heterocycles. The lowest BCUT2D eigenvalue weighted by atomic mass is 10.0. The topological polar surface area (TPSA) is 117 Å². The normalized spacial score (nSPS) is 14.2. The first kappa shape index (κ1) is 24.8. The molecule has 0 saturated carbocycles. The van der Waals surface area contributed by atoms with Gasteiger partial charge in [-0.15, -0.1) is 0 Å². The van der Waals surface area contributed by atoms with Gasteiger partial charge in [-0.1, -0.05) is 72.3 Å². The zero-order valence-electron chi connectivity index (χ0n) is 19.2. The second kappa shape index (κ2) is 9.91. The van der Waals surface area contributed by atoms with E-state index in [1.165, 1.54) is 18.2 Å². The van der Waals surface area contributed by atoms with Gasteiger partial charge in [0.1, 0.15) is 0 Å². The van der Waals surface area contributed by atoms with Crippen LogP contribution in [-0.4, -0.2) is 25.1 Å². The molecule has 8 nitrogen and oxygen atoms in total. The molecule has 0 unspecified atom stereocenters. The van der Waals surface area contributed by atoms with Gasteiger partial charge in [0.2, 0.25) is 10.0 Å². The van der Waals surface area contributed by atoms with Crippen LogP contribution in [-0.2, 0) is 21.4 Å². The minimum Gasteiger partial charge on any atom is -0.331 e. The zero-order chi connectivity index (χ0) is 26.2. The van der Waals surface area contributed by atoms with E-state index in [4.69, 9.17) is 29.0 Å². The van der Waals surface area contributed by atoms with Crippen LogP contribution in [0.1, 0.15) is 11.1 Å². The van der Waals surface area contributed by atoms with Gasteiger partial charge >= 0.3 is 0 Å². The highest BCUT2D eigenvalue weighted by atomic mass is 35.5. The Morgan fingerprint density at radius 3 is 2.54 bits per heavy atom. The monoisotopic (exact) mass is 549 g/mol. The first-order valence-corrected chi connectivity index (χ1v) is 13.4. The Kier molecular flexibility index (Phi) is 6.65. The van der Waals surface area contributed by atoms with Gasteiger partial charge in [0.25, 0.3) is 5.91 Å². The van der Waals surface area contributed by atoms with E-state index >= 15 is 0 Å². The van der Waals surface area contributed by atoms with E-state index in [2.05, 4.69) is 15.8 Å². The quantitative estimate of drug-likeness (QED) is 0.251. The number of benzene rings is 4. The maximum absolute atomic E-state index is 13.5. The molecule has 5 rings (SSSR count). The van der Waals surface area contributed by atoms with Crippen LogP contribution in [0.3, 0.4) is 0 Å². The summed E-state index contributed by atoms with van der Waals surface area (Å²) in [5.74, 6) is -0.331. The lowest BCUT2D eigenvalue weighted by Crippen LogP contribution is -2.32. The number of nitrogens with zero attached hydrogens (tertiary/aromatic N) is 2. The summed E-state index contributed by atoms with van der Waals surface area (Å²) >= 11 is 11.8. The number of primary sulfonamides is 1. The fourth-order valence-corrected chi connectivity index (χ4v) is 5.20. The van der Waals surface area contributed by atoms with Gasteiger partial charge in [0.15, 0.2) is 10.8 Å². The molecule has 0 spiro atoms. The number of fused-ring (bicyclic) bond motifs is 2. The van der Waals surface area contributed by atoms with Crippen molar-refractivity contribution in [2.75, 3.05) is 10.2 Å². The highest BCUT2D eigenvalue weighted by Gasteiger charge is 2.36. The zero-order valence-corrected chi connectivity index (χ0v) is 21.6. The first-order valence-electron chi connectivity index (χ1n) is 11.1. The summed E-state index contributed by atoms with van der Waals surface area (Å²) in [6, 6.07) is 25.1. The molecule has 186 valence electrons. The molecule has 0 saturated heterocycles. The standard InChI is InChI=1S/C26H20ClN5O3S2/c27-22-13-5-12-21-23(30-31-26(36)29-18-9-4-10-19(14-18)37(28,34)35)25(33)32(24(21)22)15-17-8-3-7-16-6-1-2-11-20(16)17/h1-14H,15H2,(H2,28,34,35)(H2,29,31,36). The number of sulfonamides is 1. The number of nitrogens with one attached hydrogen (secondary N) is 2. The molecule has 1 heterocycles. The average Bonchev–Trinajstić information content (AvgIpc) is 3.14. The van der Waals surface area contributed by atoms with E-state index in [1.54, 1.807) is 29.2 Å². The summed E-state index contributed by atoms with van der Waals surface area (Å²) in [6.45, 7) is 0.305. The molecule has 4 aromatic rings. The number of carbonyl (C=O) groups excluding carboxylic acids is 1. The Morgan fingerprint density at radius 1 is 1.00 bits per heavy atom. The van der Waals surface area contributed by atoms with Gasteiger partial charge in [-0.25, -0.2) is 13.6 Å². The van der Waals surface area contributed by atoms with Gasteiger partial charge in [0.05, 0.1) is 22.2 Å². The molecule has 4 aromatic carbocycles. The van der Waals surface area contributed by atoms with Crippen molar-refractivity contribution in [3.63, 3.8) is 0 Å². The predicted molar refractivity (Wildman–Crippen MR) is 150 cm³/mol. The van der Waals surface area contributed by atoms with Crippen molar-refractivity contribution in [1.29, 1.82) is 0 Å². The van der Waals surface area contributed by atoms with Crippen molar-refractivity contribution >= 4 is 72.7 Å². The van der Waals surface area contributed by atoms with Gasteiger partial charge < -0.3 is 10.2 Å². The number of anilines is 2. The van der Waals surface area contributed by atoms with Crippen molar-refractivity contribution in [2.45, 2.75) is 11.4 Å². The highest BCUT2D eigenvalue weighted by Crippen LogP contribution is 2.37. The van der Waals surface area contributed by atoms with E-state index in [0.29, 0.717) is 28.5 Å². The largest absolute Gasteiger partial charge is 0.331 e.